The van der Waals surface area contributed by atoms with E-state index in [-0.39, 0.29) is 6.10 Å². The molecular weight excluding hydrogens is 403 g/mol. The van der Waals surface area contributed by atoms with Crippen molar-refractivity contribution in [3.63, 3.8) is 0 Å². The number of benzene rings is 1. The first kappa shape index (κ1) is 14.8. The van der Waals surface area contributed by atoms with Crippen LogP contribution in [0.4, 0.5) is 0 Å². The van der Waals surface area contributed by atoms with Gasteiger partial charge in [0.05, 0.1) is 6.10 Å². The zero-order valence-electron chi connectivity index (χ0n) is 10.7. The average Bonchev–Trinajstić information content (AvgIpc) is 2.41. The summed E-state index contributed by atoms with van der Waals surface area (Å²) < 4.78 is 2.22. The molecule has 0 radical (unpaired) electrons. The molecule has 1 fully saturated rings. The molecule has 1 nitrogen and oxygen atoms in total. The predicted octanol–water partition coefficient (Wildman–Crippen LogP) is 5.30. The van der Waals surface area contributed by atoms with Gasteiger partial charge >= 0.3 is 0 Å². The Labute approximate surface area is 132 Å². The van der Waals surface area contributed by atoms with E-state index < -0.39 is 0 Å². The Morgan fingerprint density at radius 2 is 2.22 bits per heavy atom. The monoisotopic (exact) mass is 422 g/mol. The molecule has 1 aromatic carbocycles. The molecule has 1 saturated carbocycles. The van der Waals surface area contributed by atoms with E-state index in [0.29, 0.717) is 5.92 Å². The maximum Gasteiger partial charge on any atom is 0.0828 e. The van der Waals surface area contributed by atoms with Crippen LogP contribution >= 0.6 is 38.5 Å². The van der Waals surface area contributed by atoms with Crippen molar-refractivity contribution in [2.75, 3.05) is 0 Å². The van der Waals surface area contributed by atoms with Gasteiger partial charge in [0.15, 0.2) is 0 Å². The van der Waals surface area contributed by atoms with Crippen molar-refractivity contribution in [3.05, 3.63) is 31.8 Å². The molecule has 0 heterocycles. The first-order chi connectivity index (χ1) is 8.61. The lowest BCUT2D eigenvalue weighted by atomic mass is 9.76. The molecule has 1 aliphatic rings. The second kappa shape index (κ2) is 6.71. The number of hydrogen-bond donors (Lipinski definition) is 1. The molecule has 0 aromatic heterocycles. The van der Waals surface area contributed by atoms with Crippen molar-refractivity contribution in [2.45, 2.75) is 45.1 Å². The van der Waals surface area contributed by atoms with Gasteiger partial charge in [-0.15, -0.1) is 0 Å². The van der Waals surface area contributed by atoms with E-state index in [9.17, 15) is 5.11 Å². The molecule has 0 aliphatic heterocycles. The summed E-state index contributed by atoms with van der Waals surface area (Å²) in [5, 5.41) is 10.6. The zero-order valence-corrected chi connectivity index (χ0v) is 14.4. The number of halogens is 2. The molecular formula is C15H20BrIO. The highest BCUT2D eigenvalue weighted by molar-refractivity contribution is 14.1. The predicted molar refractivity (Wildman–Crippen MR) is 87.6 cm³/mol. The molecule has 1 aromatic rings. The van der Waals surface area contributed by atoms with Crippen molar-refractivity contribution < 1.29 is 5.11 Å². The number of hydrogen-bond acceptors (Lipinski definition) is 1. The summed E-state index contributed by atoms with van der Waals surface area (Å²) in [7, 11) is 0. The van der Waals surface area contributed by atoms with Gasteiger partial charge in [0.1, 0.15) is 0 Å². The normalized spacial score (nSPS) is 26.0. The second-order valence-corrected chi connectivity index (χ2v) is 7.39. The minimum absolute atomic E-state index is 0.302. The summed E-state index contributed by atoms with van der Waals surface area (Å²) in [5.41, 5.74) is 1.09. The van der Waals surface area contributed by atoms with Crippen LogP contribution in [0.3, 0.4) is 0 Å². The molecule has 0 amide bonds. The van der Waals surface area contributed by atoms with Crippen LogP contribution in [0.5, 0.6) is 0 Å². The summed E-state index contributed by atoms with van der Waals surface area (Å²) in [6.45, 7) is 2.27. The highest BCUT2D eigenvalue weighted by Crippen LogP contribution is 2.39. The van der Waals surface area contributed by atoms with E-state index in [1.54, 1.807) is 0 Å². The van der Waals surface area contributed by atoms with Gasteiger partial charge in [-0.2, -0.15) is 0 Å². The van der Waals surface area contributed by atoms with Crippen LogP contribution in [-0.4, -0.2) is 5.11 Å². The van der Waals surface area contributed by atoms with Crippen LogP contribution < -0.4 is 0 Å². The maximum absolute atomic E-state index is 10.6. The third kappa shape index (κ3) is 3.48. The second-order valence-electron chi connectivity index (χ2n) is 5.31. The van der Waals surface area contributed by atoms with E-state index in [2.05, 4.69) is 57.6 Å². The Morgan fingerprint density at radius 3 is 2.94 bits per heavy atom. The summed E-state index contributed by atoms with van der Waals surface area (Å²) >= 11 is 5.82. The third-order valence-corrected chi connectivity index (χ3v) is 5.60. The molecule has 2 rings (SSSR count). The van der Waals surface area contributed by atoms with Gasteiger partial charge in [0.2, 0.25) is 0 Å². The molecule has 3 atom stereocenters. The molecule has 1 aliphatic carbocycles. The van der Waals surface area contributed by atoms with Crippen LogP contribution in [0.2, 0.25) is 0 Å². The Morgan fingerprint density at radius 1 is 1.44 bits per heavy atom. The molecule has 18 heavy (non-hydrogen) atoms. The zero-order chi connectivity index (χ0) is 13.1. The van der Waals surface area contributed by atoms with E-state index >= 15 is 0 Å². The highest BCUT2D eigenvalue weighted by atomic mass is 127. The maximum atomic E-state index is 10.6. The van der Waals surface area contributed by atoms with E-state index in [4.69, 9.17) is 0 Å². The van der Waals surface area contributed by atoms with Gasteiger partial charge in [-0.25, -0.2) is 0 Å². The molecule has 0 spiro atoms. The quantitative estimate of drug-likeness (QED) is 0.655. The summed E-state index contributed by atoms with van der Waals surface area (Å²) in [6.07, 6.45) is 5.91. The third-order valence-electron chi connectivity index (χ3n) is 4.12. The van der Waals surface area contributed by atoms with Crippen molar-refractivity contribution in [1.29, 1.82) is 0 Å². The Bertz CT molecular complexity index is 407. The van der Waals surface area contributed by atoms with Gasteiger partial charge in [0.25, 0.3) is 0 Å². The molecule has 0 saturated heterocycles. The van der Waals surface area contributed by atoms with Gasteiger partial charge < -0.3 is 5.11 Å². The first-order valence-corrected chi connectivity index (χ1v) is 8.62. The smallest absolute Gasteiger partial charge is 0.0828 e. The minimum Gasteiger partial charge on any atom is -0.388 e. The summed E-state index contributed by atoms with van der Waals surface area (Å²) in [5.74, 6) is 1.25. The van der Waals surface area contributed by atoms with Crippen LogP contribution in [0.15, 0.2) is 22.7 Å². The SMILES string of the molecule is CCC1CCCC(C(O)c2cc(Br)ccc2I)C1. The van der Waals surface area contributed by atoms with Crippen molar-refractivity contribution in [1.82, 2.24) is 0 Å². The van der Waals surface area contributed by atoms with E-state index in [0.717, 1.165) is 16.0 Å². The van der Waals surface area contributed by atoms with Crippen LogP contribution in [0.25, 0.3) is 0 Å². The summed E-state index contributed by atoms with van der Waals surface area (Å²) in [6, 6.07) is 6.18. The number of rotatable bonds is 3. The van der Waals surface area contributed by atoms with Crippen molar-refractivity contribution in [3.8, 4) is 0 Å². The van der Waals surface area contributed by atoms with Gasteiger partial charge in [-0.1, -0.05) is 42.1 Å². The lowest BCUT2D eigenvalue weighted by Crippen LogP contribution is -2.21. The minimum atomic E-state index is -0.302. The van der Waals surface area contributed by atoms with E-state index in [1.807, 2.05) is 6.07 Å². The first-order valence-electron chi connectivity index (χ1n) is 6.74. The Balaban J connectivity index is 2.14. The summed E-state index contributed by atoms with van der Waals surface area (Å²) in [4.78, 5) is 0. The fourth-order valence-corrected chi connectivity index (χ4v) is 4.02. The molecule has 1 N–H and O–H groups in total. The van der Waals surface area contributed by atoms with Crippen LogP contribution in [0, 0.1) is 15.4 Å². The lowest BCUT2D eigenvalue weighted by molar-refractivity contribution is 0.0671. The number of aliphatic hydroxyl groups excluding tert-OH is 1. The van der Waals surface area contributed by atoms with Crippen LogP contribution in [-0.2, 0) is 0 Å². The van der Waals surface area contributed by atoms with Gasteiger partial charge in [-0.3, -0.25) is 0 Å². The Hall–Kier alpha value is 0.390. The Kier molecular flexibility index (Phi) is 5.51. The standard InChI is InChI=1S/C15H20BrIO/c1-2-10-4-3-5-11(8-10)15(18)13-9-12(16)6-7-14(13)17/h6-7,9-11,15,18H,2-5,8H2,1H3. The van der Waals surface area contributed by atoms with E-state index in [1.165, 1.54) is 35.7 Å². The topological polar surface area (TPSA) is 20.2 Å². The molecule has 3 heteroatoms. The fraction of sp³-hybridized carbons (Fsp3) is 0.600. The van der Waals surface area contributed by atoms with Crippen molar-refractivity contribution >= 4 is 38.5 Å². The molecule has 100 valence electrons. The van der Waals surface area contributed by atoms with Crippen molar-refractivity contribution in [2.24, 2.45) is 11.8 Å². The van der Waals surface area contributed by atoms with Gasteiger partial charge in [0, 0.05) is 8.04 Å². The van der Waals surface area contributed by atoms with Gasteiger partial charge in [-0.05, 0) is 71.0 Å². The lowest BCUT2D eigenvalue weighted by Gasteiger charge is -2.32. The number of aliphatic hydroxyl groups is 1. The highest BCUT2D eigenvalue weighted by Gasteiger charge is 2.28. The largest absolute Gasteiger partial charge is 0.388 e. The fourth-order valence-electron chi connectivity index (χ4n) is 2.99. The molecule has 3 unspecified atom stereocenters. The average molecular weight is 423 g/mol. The molecule has 0 bridgehead atoms. The van der Waals surface area contributed by atoms with Crippen LogP contribution in [0.1, 0.15) is 50.7 Å².